The minimum Gasteiger partial charge on any atom is -0.338 e. The molecule has 1 saturated heterocycles. The number of hydrogen-bond acceptors (Lipinski definition) is 3. The summed E-state index contributed by atoms with van der Waals surface area (Å²) >= 11 is 0. The van der Waals surface area contributed by atoms with Crippen LogP contribution in [0, 0.1) is 5.82 Å². The van der Waals surface area contributed by atoms with Crippen LogP contribution < -0.4 is 5.32 Å². The van der Waals surface area contributed by atoms with Crippen LogP contribution in [0.4, 0.5) is 10.1 Å². The lowest BCUT2D eigenvalue weighted by molar-refractivity contribution is -0.125. The molecule has 0 spiro atoms. The van der Waals surface area contributed by atoms with Gasteiger partial charge in [0, 0.05) is 51.4 Å². The molecule has 152 valence electrons. The number of rotatable bonds is 5. The summed E-state index contributed by atoms with van der Waals surface area (Å²) in [5, 5.41) is 2.72. The lowest BCUT2D eigenvalue weighted by atomic mass is 10.2. The van der Waals surface area contributed by atoms with Crippen molar-refractivity contribution >= 4 is 23.6 Å². The maximum atomic E-state index is 13.1. The van der Waals surface area contributed by atoms with Crippen LogP contribution in [0.5, 0.6) is 0 Å². The second-order valence-corrected chi connectivity index (χ2v) is 7.22. The molecule has 29 heavy (non-hydrogen) atoms. The minimum absolute atomic E-state index is 0.000398. The van der Waals surface area contributed by atoms with Crippen LogP contribution in [-0.2, 0) is 16.1 Å². The Morgan fingerprint density at radius 3 is 2.41 bits per heavy atom. The zero-order chi connectivity index (χ0) is 20.6. The van der Waals surface area contributed by atoms with E-state index in [1.165, 1.54) is 19.1 Å². The van der Waals surface area contributed by atoms with Gasteiger partial charge in [0.25, 0.3) is 0 Å². The van der Waals surface area contributed by atoms with Crippen LogP contribution in [0.2, 0.25) is 0 Å². The van der Waals surface area contributed by atoms with E-state index < -0.39 is 0 Å². The number of benzene rings is 2. The first kappa shape index (κ1) is 20.7. The van der Waals surface area contributed by atoms with Crippen molar-refractivity contribution in [2.75, 3.05) is 31.5 Å². The van der Waals surface area contributed by atoms with Crippen molar-refractivity contribution in [2.45, 2.75) is 19.9 Å². The van der Waals surface area contributed by atoms with Crippen molar-refractivity contribution < 1.29 is 14.0 Å². The fraction of sp³-hybridized carbons (Fsp3) is 0.304. The Morgan fingerprint density at radius 2 is 1.72 bits per heavy atom. The van der Waals surface area contributed by atoms with Crippen LogP contribution in [0.3, 0.4) is 0 Å². The first-order valence-electron chi connectivity index (χ1n) is 9.81. The number of anilines is 1. The van der Waals surface area contributed by atoms with E-state index in [1.54, 1.807) is 12.2 Å². The molecule has 0 aromatic heterocycles. The Bertz CT molecular complexity index is 863. The number of carbonyl (C=O) groups excluding carboxylic acids is 2. The molecule has 1 aliphatic heterocycles. The first-order chi connectivity index (χ1) is 14.0. The second-order valence-electron chi connectivity index (χ2n) is 7.22. The molecule has 0 aliphatic carbocycles. The van der Waals surface area contributed by atoms with Crippen molar-refractivity contribution in [1.29, 1.82) is 0 Å². The van der Waals surface area contributed by atoms with Crippen LogP contribution in [0.1, 0.15) is 24.5 Å². The second kappa shape index (κ2) is 9.98. The van der Waals surface area contributed by atoms with Crippen molar-refractivity contribution in [3.63, 3.8) is 0 Å². The zero-order valence-electron chi connectivity index (χ0n) is 16.6. The number of carbonyl (C=O) groups is 2. The SMILES string of the molecule is CC(=O)Nc1ccc(/C=C/C(=O)N2CCCN(Cc3ccc(F)cc3)CC2)cc1. The normalized spacial score (nSPS) is 15.3. The first-order valence-corrected chi connectivity index (χ1v) is 9.81. The fourth-order valence-corrected chi connectivity index (χ4v) is 3.35. The van der Waals surface area contributed by atoms with E-state index in [-0.39, 0.29) is 17.6 Å². The lowest BCUT2D eigenvalue weighted by Gasteiger charge is -2.21. The number of halogens is 1. The Morgan fingerprint density at radius 1 is 1.00 bits per heavy atom. The van der Waals surface area contributed by atoms with Gasteiger partial charge in [-0.1, -0.05) is 24.3 Å². The molecule has 6 heteroatoms. The zero-order valence-corrected chi connectivity index (χ0v) is 16.6. The van der Waals surface area contributed by atoms with Crippen LogP contribution in [-0.4, -0.2) is 47.8 Å². The third-order valence-electron chi connectivity index (χ3n) is 4.87. The average Bonchev–Trinajstić information content (AvgIpc) is 2.94. The van der Waals surface area contributed by atoms with Gasteiger partial charge in [0.15, 0.2) is 0 Å². The van der Waals surface area contributed by atoms with Gasteiger partial charge in [-0.2, -0.15) is 0 Å². The quantitative estimate of drug-likeness (QED) is 0.788. The van der Waals surface area contributed by atoms with Gasteiger partial charge in [0.2, 0.25) is 11.8 Å². The highest BCUT2D eigenvalue weighted by atomic mass is 19.1. The van der Waals surface area contributed by atoms with Gasteiger partial charge in [-0.25, -0.2) is 4.39 Å². The van der Waals surface area contributed by atoms with E-state index in [1.807, 2.05) is 41.3 Å². The standard InChI is InChI=1S/C23H26FN3O2/c1-18(28)25-22-10-5-19(6-11-22)7-12-23(29)27-14-2-13-26(15-16-27)17-20-3-8-21(24)9-4-20/h3-12H,2,13-17H2,1H3,(H,25,28)/b12-7+. The van der Waals surface area contributed by atoms with Crippen molar-refractivity contribution in [2.24, 2.45) is 0 Å². The highest BCUT2D eigenvalue weighted by molar-refractivity contribution is 5.92. The van der Waals surface area contributed by atoms with Crippen molar-refractivity contribution in [1.82, 2.24) is 9.80 Å². The summed E-state index contributed by atoms with van der Waals surface area (Å²) in [5.74, 6) is -0.337. The van der Waals surface area contributed by atoms with Crippen LogP contribution in [0.25, 0.3) is 6.08 Å². The largest absolute Gasteiger partial charge is 0.338 e. The summed E-state index contributed by atoms with van der Waals surface area (Å²) in [6.45, 7) is 5.33. The van der Waals surface area contributed by atoms with Crippen LogP contribution in [0.15, 0.2) is 54.6 Å². The van der Waals surface area contributed by atoms with E-state index in [4.69, 9.17) is 0 Å². The molecule has 0 bridgehead atoms. The minimum atomic E-state index is -0.224. The van der Waals surface area contributed by atoms with E-state index in [2.05, 4.69) is 10.2 Å². The van der Waals surface area contributed by atoms with Gasteiger partial charge in [-0.15, -0.1) is 0 Å². The molecule has 2 aromatic rings. The number of nitrogens with one attached hydrogen (secondary N) is 1. The van der Waals surface area contributed by atoms with E-state index in [9.17, 15) is 14.0 Å². The van der Waals surface area contributed by atoms with Gasteiger partial charge in [-0.3, -0.25) is 14.5 Å². The molecule has 1 N–H and O–H groups in total. The van der Waals surface area contributed by atoms with Crippen LogP contribution >= 0.6 is 0 Å². The van der Waals surface area contributed by atoms with Crippen molar-refractivity contribution in [3.8, 4) is 0 Å². The maximum Gasteiger partial charge on any atom is 0.246 e. The molecule has 1 aliphatic rings. The average molecular weight is 395 g/mol. The Hall–Kier alpha value is -2.99. The predicted molar refractivity (Wildman–Crippen MR) is 113 cm³/mol. The number of amides is 2. The molecule has 2 aromatic carbocycles. The van der Waals surface area contributed by atoms with Gasteiger partial charge < -0.3 is 10.2 Å². The molecule has 0 saturated carbocycles. The molecule has 3 rings (SSSR count). The third-order valence-corrected chi connectivity index (χ3v) is 4.87. The topological polar surface area (TPSA) is 52.7 Å². The van der Waals surface area contributed by atoms with Gasteiger partial charge >= 0.3 is 0 Å². The summed E-state index contributed by atoms with van der Waals surface area (Å²) in [5.41, 5.74) is 2.71. The van der Waals surface area contributed by atoms with Crippen molar-refractivity contribution in [3.05, 3.63) is 71.6 Å². The molecular formula is C23H26FN3O2. The Balaban J connectivity index is 1.51. The Labute approximate surface area is 170 Å². The summed E-state index contributed by atoms with van der Waals surface area (Å²) in [4.78, 5) is 27.8. The van der Waals surface area contributed by atoms with Gasteiger partial charge in [0.1, 0.15) is 5.82 Å². The molecule has 0 radical (unpaired) electrons. The molecule has 2 amide bonds. The molecule has 1 fully saturated rings. The predicted octanol–water partition coefficient (Wildman–Crippen LogP) is 3.53. The molecule has 0 atom stereocenters. The summed E-state index contributed by atoms with van der Waals surface area (Å²) < 4.78 is 13.1. The summed E-state index contributed by atoms with van der Waals surface area (Å²) in [7, 11) is 0. The smallest absolute Gasteiger partial charge is 0.246 e. The summed E-state index contributed by atoms with van der Waals surface area (Å²) in [6.07, 6.45) is 4.30. The van der Waals surface area contributed by atoms with E-state index in [0.29, 0.717) is 6.54 Å². The third kappa shape index (κ3) is 6.54. The molecule has 0 unspecified atom stereocenters. The molecular weight excluding hydrogens is 369 g/mol. The molecule has 1 heterocycles. The lowest BCUT2D eigenvalue weighted by Crippen LogP contribution is -2.34. The van der Waals surface area contributed by atoms with E-state index >= 15 is 0 Å². The fourth-order valence-electron chi connectivity index (χ4n) is 3.35. The van der Waals surface area contributed by atoms with Gasteiger partial charge in [-0.05, 0) is 47.9 Å². The maximum absolute atomic E-state index is 13.1. The molecule has 5 nitrogen and oxygen atoms in total. The van der Waals surface area contributed by atoms with Gasteiger partial charge in [0.05, 0.1) is 0 Å². The summed E-state index contributed by atoms with van der Waals surface area (Å²) in [6, 6.07) is 13.9. The number of hydrogen-bond donors (Lipinski definition) is 1. The van der Waals surface area contributed by atoms with E-state index in [0.717, 1.165) is 49.4 Å². The number of nitrogens with zero attached hydrogens (tertiary/aromatic N) is 2. The Kier molecular flexibility index (Phi) is 7.14. The highest BCUT2D eigenvalue weighted by Gasteiger charge is 2.17. The monoisotopic (exact) mass is 395 g/mol. The highest BCUT2D eigenvalue weighted by Crippen LogP contribution is 2.13.